The molecule has 18 heavy (non-hydrogen) atoms. The van der Waals surface area contributed by atoms with Crippen LogP contribution in [-0.4, -0.2) is 23.2 Å². The third kappa shape index (κ3) is 1.88. The van der Waals surface area contributed by atoms with E-state index >= 15 is 0 Å². The first-order chi connectivity index (χ1) is 8.68. The zero-order valence-electron chi connectivity index (χ0n) is 9.98. The van der Waals surface area contributed by atoms with E-state index < -0.39 is 5.60 Å². The molecule has 0 unspecified atom stereocenters. The fourth-order valence-corrected chi connectivity index (χ4v) is 2.26. The van der Waals surface area contributed by atoms with E-state index in [1.807, 2.05) is 24.3 Å². The van der Waals surface area contributed by atoms with Gasteiger partial charge >= 0.3 is 0 Å². The quantitative estimate of drug-likeness (QED) is 0.870. The predicted molar refractivity (Wildman–Crippen MR) is 67.3 cm³/mol. The molecular formula is C14H15NO3. The molecule has 94 valence electrons. The van der Waals surface area contributed by atoms with Crippen molar-refractivity contribution in [1.82, 2.24) is 5.32 Å². The van der Waals surface area contributed by atoms with Crippen molar-refractivity contribution in [2.24, 2.45) is 0 Å². The van der Waals surface area contributed by atoms with Crippen molar-refractivity contribution in [3.05, 3.63) is 36.1 Å². The molecule has 2 N–H and O–H groups in total. The molecule has 0 atom stereocenters. The number of rotatable bonds is 3. The maximum atomic E-state index is 12.0. The largest absolute Gasteiger partial charge is 0.463 e. The number of fused-ring (bicyclic) bond motifs is 1. The van der Waals surface area contributed by atoms with Crippen molar-refractivity contribution < 1.29 is 14.3 Å². The molecule has 1 aromatic heterocycles. The summed E-state index contributed by atoms with van der Waals surface area (Å²) < 4.78 is 5.32. The number of carbonyl (C=O) groups is 1. The molecule has 3 rings (SSSR count). The van der Waals surface area contributed by atoms with E-state index in [-0.39, 0.29) is 5.91 Å². The average molecular weight is 245 g/mol. The van der Waals surface area contributed by atoms with Crippen LogP contribution in [0.15, 0.2) is 34.9 Å². The summed E-state index contributed by atoms with van der Waals surface area (Å²) in [5.41, 5.74) is 0.522. The summed E-state index contributed by atoms with van der Waals surface area (Å²) in [5.74, 6) is -0.194. The molecule has 4 nitrogen and oxygen atoms in total. The molecular weight excluding hydrogens is 230 g/mol. The lowest BCUT2D eigenvalue weighted by atomic mass is 9.80. The van der Waals surface area contributed by atoms with Crippen LogP contribution in [0.2, 0.25) is 0 Å². The molecule has 2 aromatic rings. The first kappa shape index (κ1) is 11.3. The normalized spacial score (nSPS) is 17.4. The van der Waals surface area contributed by atoms with E-state index in [1.165, 1.54) is 6.26 Å². The topological polar surface area (TPSA) is 62.5 Å². The summed E-state index contributed by atoms with van der Waals surface area (Å²) in [6, 6.07) is 7.41. The Balaban J connectivity index is 1.75. The van der Waals surface area contributed by atoms with Crippen molar-refractivity contribution >= 4 is 16.9 Å². The molecule has 1 aromatic carbocycles. The van der Waals surface area contributed by atoms with Crippen LogP contribution in [0.5, 0.6) is 0 Å². The average Bonchev–Trinajstić information content (AvgIpc) is 2.77. The van der Waals surface area contributed by atoms with E-state index in [0.717, 1.165) is 24.6 Å². The van der Waals surface area contributed by atoms with Gasteiger partial charge in [0, 0.05) is 11.9 Å². The fourth-order valence-electron chi connectivity index (χ4n) is 2.26. The van der Waals surface area contributed by atoms with E-state index in [2.05, 4.69) is 5.32 Å². The zero-order valence-corrected chi connectivity index (χ0v) is 9.98. The van der Waals surface area contributed by atoms with Gasteiger partial charge in [-0.05, 0) is 25.3 Å². The number of aliphatic hydroxyl groups is 1. The van der Waals surface area contributed by atoms with Gasteiger partial charge in [-0.3, -0.25) is 4.79 Å². The first-order valence-electron chi connectivity index (χ1n) is 6.15. The molecule has 1 amide bonds. The van der Waals surface area contributed by atoms with Gasteiger partial charge in [-0.15, -0.1) is 0 Å². The zero-order chi connectivity index (χ0) is 12.6. The molecule has 1 saturated carbocycles. The van der Waals surface area contributed by atoms with Crippen molar-refractivity contribution in [1.29, 1.82) is 0 Å². The second kappa shape index (κ2) is 4.14. The molecule has 0 aliphatic heterocycles. The molecule has 0 bridgehead atoms. The smallest absolute Gasteiger partial charge is 0.255 e. The first-order valence-corrected chi connectivity index (χ1v) is 6.15. The molecule has 4 heteroatoms. The standard InChI is InChI=1S/C14H15NO3/c16-13(15-9-14(17)6-3-7-14)11-8-18-12-5-2-1-4-10(11)12/h1-2,4-5,8,17H,3,6-7,9H2,(H,15,16). The summed E-state index contributed by atoms with van der Waals surface area (Å²) in [6.07, 6.45) is 4.02. The Morgan fingerprint density at radius 2 is 2.17 bits per heavy atom. The Morgan fingerprint density at radius 1 is 1.39 bits per heavy atom. The highest BCUT2D eigenvalue weighted by molar-refractivity contribution is 6.05. The number of nitrogens with one attached hydrogen (secondary N) is 1. The minimum atomic E-state index is -0.699. The van der Waals surface area contributed by atoms with Crippen LogP contribution in [0.1, 0.15) is 29.6 Å². The van der Waals surface area contributed by atoms with Crippen LogP contribution in [-0.2, 0) is 0 Å². The van der Waals surface area contributed by atoms with Crippen LogP contribution in [0.3, 0.4) is 0 Å². The lowest BCUT2D eigenvalue weighted by molar-refractivity contribution is -0.0300. The number of benzene rings is 1. The van der Waals surface area contributed by atoms with Gasteiger partial charge in [-0.25, -0.2) is 0 Å². The molecule has 1 fully saturated rings. The highest BCUT2D eigenvalue weighted by Gasteiger charge is 2.34. The SMILES string of the molecule is O=C(NCC1(O)CCC1)c1coc2ccccc12. The van der Waals surface area contributed by atoms with Crippen LogP contribution in [0, 0.1) is 0 Å². The predicted octanol–water partition coefficient (Wildman–Crippen LogP) is 2.08. The Hall–Kier alpha value is -1.81. The number of hydrogen-bond donors (Lipinski definition) is 2. The maximum absolute atomic E-state index is 12.0. The highest BCUT2D eigenvalue weighted by Crippen LogP contribution is 2.30. The molecule has 0 spiro atoms. The third-order valence-electron chi connectivity index (χ3n) is 3.59. The van der Waals surface area contributed by atoms with E-state index in [4.69, 9.17) is 4.42 Å². The molecule has 0 radical (unpaired) electrons. The van der Waals surface area contributed by atoms with Gasteiger partial charge in [0.05, 0.1) is 11.2 Å². The summed E-state index contributed by atoms with van der Waals surface area (Å²) >= 11 is 0. The third-order valence-corrected chi connectivity index (χ3v) is 3.59. The van der Waals surface area contributed by atoms with Crippen molar-refractivity contribution in [3.8, 4) is 0 Å². The lowest BCUT2D eigenvalue weighted by Gasteiger charge is -2.36. The van der Waals surface area contributed by atoms with Crippen molar-refractivity contribution in [2.75, 3.05) is 6.54 Å². The van der Waals surface area contributed by atoms with Crippen molar-refractivity contribution in [3.63, 3.8) is 0 Å². The number of para-hydroxylation sites is 1. The summed E-state index contributed by atoms with van der Waals surface area (Å²) in [6.45, 7) is 0.311. The minimum Gasteiger partial charge on any atom is -0.463 e. The number of hydrogen-bond acceptors (Lipinski definition) is 3. The van der Waals surface area contributed by atoms with Gasteiger partial charge in [0.2, 0.25) is 0 Å². The highest BCUT2D eigenvalue weighted by atomic mass is 16.3. The fraction of sp³-hybridized carbons (Fsp3) is 0.357. The second-order valence-corrected chi connectivity index (χ2v) is 4.91. The molecule has 1 aliphatic carbocycles. The van der Waals surface area contributed by atoms with Gasteiger partial charge in [0.1, 0.15) is 11.8 Å². The van der Waals surface area contributed by atoms with Crippen LogP contribution < -0.4 is 5.32 Å². The maximum Gasteiger partial charge on any atom is 0.255 e. The monoisotopic (exact) mass is 245 g/mol. The lowest BCUT2D eigenvalue weighted by Crippen LogP contribution is -2.47. The van der Waals surface area contributed by atoms with Gasteiger partial charge in [-0.2, -0.15) is 0 Å². The second-order valence-electron chi connectivity index (χ2n) is 4.91. The van der Waals surface area contributed by atoms with E-state index in [1.54, 1.807) is 0 Å². The summed E-state index contributed by atoms with van der Waals surface area (Å²) in [7, 11) is 0. The molecule has 1 heterocycles. The Labute approximate surface area is 105 Å². The summed E-state index contributed by atoms with van der Waals surface area (Å²) in [5, 5.41) is 13.5. The van der Waals surface area contributed by atoms with Crippen molar-refractivity contribution in [2.45, 2.75) is 24.9 Å². The molecule has 1 aliphatic rings. The van der Waals surface area contributed by atoms with E-state index in [9.17, 15) is 9.90 Å². The molecule has 0 saturated heterocycles. The van der Waals surface area contributed by atoms with E-state index in [0.29, 0.717) is 17.7 Å². The van der Waals surface area contributed by atoms with Crippen LogP contribution >= 0.6 is 0 Å². The Kier molecular flexibility index (Phi) is 2.59. The Morgan fingerprint density at radius 3 is 2.89 bits per heavy atom. The number of carbonyl (C=O) groups excluding carboxylic acids is 1. The Bertz CT molecular complexity index is 583. The minimum absolute atomic E-state index is 0.194. The van der Waals surface area contributed by atoms with Crippen LogP contribution in [0.4, 0.5) is 0 Å². The number of furan rings is 1. The number of amides is 1. The summed E-state index contributed by atoms with van der Waals surface area (Å²) in [4.78, 5) is 12.0. The van der Waals surface area contributed by atoms with Crippen LogP contribution in [0.25, 0.3) is 11.0 Å². The van der Waals surface area contributed by atoms with Gasteiger partial charge < -0.3 is 14.8 Å². The van der Waals surface area contributed by atoms with Gasteiger partial charge in [-0.1, -0.05) is 18.2 Å². The van der Waals surface area contributed by atoms with Gasteiger partial charge in [0.15, 0.2) is 0 Å². The van der Waals surface area contributed by atoms with Gasteiger partial charge in [0.25, 0.3) is 5.91 Å².